The van der Waals surface area contributed by atoms with E-state index < -0.39 is 5.60 Å². The fraction of sp³-hybridized carbons (Fsp3) is 0.923. The van der Waals surface area contributed by atoms with E-state index in [0.717, 1.165) is 25.9 Å². The lowest BCUT2D eigenvalue weighted by molar-refractivity contribution is 0.0149. The maximum Gasteiger partial charge on any atom is 0.410 e. The quantitative estimate of drug-likeness (QED) is 0.808. The number of hydrogen-bond donors (Lipinski definition) is 1. The zero-order valence-electron chi connectivity index (χ0n) is 11.7. The number of rotatable bonds is 2. The first-order valence-electron chi connectivity index (χ1n) is 6.59. The van der Waals surface area contributed by atoms with Crippen LogP contribution in [0, 0.1) is 0 Å². The summed E-state index contributed by atoms with van der Waals surface area (Å²) in [5, 5.41) is 3.55. The van der Waals surface area contributed by atoms with Gasteiger partial charge in [0, 0.05) is 25.2 Å². The van der Waals surface area contributed by atoms with E-state index in [4.69, 9.17) is 4.74 Å². The summed E-state index contributed by atoms with van der Waals surface area (Å²) >= 11 is 0. The van der Waals surface area contributed by atoms with Gasteiger partial charge in [-0.3, -0.25) is 0 Å². The Labute approximate surface area is 105 Å². The number of ether oxygens (including phenoxy) is 1. The van der Waals surface area contributed by atoms with Gasteiger partial charge < -0.3 is 15.0 Å². The van der Waals surface area contributed by atoms with Crippen molar-refractivity contribution < 1.29 is 9.53 Å². The second-order valence-electron chi connectivity index (χ2n) is 5.76. The molecule has 1 amide bonds. The second-order valence-corrected chi connectivity index (χ2v) is 5.76. The maximum absolute atomic E-state index is 12.0. The minimum Gasteiger partial charge on any atom is -0.444 e. The monoisotopic (exact) mass is 242 g/mol. The van der Waals surface area contributed by atoms with Crippen LogP contribution in [0.1, 0.15) is 47.5 Å². The van der Waals surface area contributed by atoms with Gasteiger partial charge in [-0.05, 0) is 33.6 Å². The molecule has 17 heavy (non-hydrogen) atoms. The molecule has 1 fully saturated rings. The van der Waals surface area contributed by atoms with Crippen LogP contribution >= 0.6 is 0 Å². The van der Waals surface area contributed by atoms with Gasteiger partial charge in [0.05, 0.1) is 0 Å². The Hall–Kier alpha value is -0.770. The molecule has 1 N–H and O–H groups in total. The van der Waals surface area contributed by atoms with Crippen molar-refractivity contribution in [3.05, 3.63) is 0 Å². The first-order valence-corrected chi connectivity index (χ1v) is 6.59. The van der Waals surface area contributed by atoms with Crippen LogP contribution in [0.3, 0.4) is 0 Å². The van der Waals surface area contributed by atoms with E-state index >= 15 is 0 Å². The van der Waals surface area contributed by atoms with Crippen LogP contribution in [0.5, 0.6) is 0 Å². The first kappa shape index (κ1) is 14.3. The summed E-state index contributed by atoms with van der Waals surface area (Å²) in [6, 6.07) is 0.780. The number of carbonyl (C=O) groups excluding carboxylic acids is 1. The molecule has 0 bridgehead atoms. The molecule has 0 spiro atoms. The Morgan fingerprint density at radius 1 is 1.24 bits per heavy atom. The number of nitrogens with one attached hydrogen (secondary N) is 1. The predicted octanol–water partition coefficient (Wildman–Crippen LogP) is 2.38. The topological polar surface area (TPSA) is 41.6 Å². The van der Waals surface area contributed by atoms with Crippen molar-refractivity contribution in [2.24, 2.45) is 0 Å². The summed E-state index contributed by atoms with van der Waals surface area (Å²) in [6.07, 6.45) is 1.89. The van der Waals surface area contributed by atoms with E-state index in [9.17, 15) is 4.79 Å². The lowest BCUT2D eigenvalue weighted by atomic mass is 10.1. The van der Waals surface area contributed by atoms with E-state index in [-0.39, 0.29) is 6.09 Å². The molecule has 0 saturated carbocycles. The van der Waals surface area contributed by atoms with Crippen molar-refractivity contribution in [2.45, 2.75) is 65.1 Å². The van der Waals surface area contributed by atoms with E-state index in [1.54, 1.807) is 0 Å². The highest BCUT2D eigenvalue weighted by Crippen LogP contribution is 2.14. The number of piperazine rings is 1. The van der Waals surface area contributed by atoms with Crippen molar-refractivity contribution in [1.29, 1.82) is 0 Å². The molecular weight excluding hydrogens is 216 g/mol. The third-order valence-electron chi connectivity index (χ3n) is 2.99. The summed E-state index contributed by atoms with van der Waals surface area (Å²) in [5.41, 5.74) is -0.411. The van der Waals surface area contributed by atoms with E-state index in [2.05, 4.69) is 19.2 Å². The molecule has 0 aromatic carbocycles. The molecule has 4 nitrogen and oxygen atoms in total. The Kier molecular flexibility index (Phi) is 4.80. The van der Waals surface area contributed by atoms with Gasteiger partial charge in [-0.2, -0.15) is 0 Å². The van der Waals surface area contributed by atoms with E-state index in [0.29, 0.717) is 12.1 Å². The molecule has 0 aliphatic carbocycles. The van der Waals surface area contributed by atoms with Crippen molar-refractivity contribution in [3.8, 4) is 0 Å². The van der Waals surface area contributed by atoms with E-state index in [1.807, 2.05) is 25.7 Å². The molecule has 2 atom stereocenters. The lowest BCUT2D eigenvalue weighted by Crippen LogP contribution is -2.58. The molecule has 1 rings (SSSR count). The molecular formula is C13H26N2O2. The highest BCUT2D eigenvalue weighted by atomic mass is 16.6. The van der Waals surface area contributed by atoms with Gasteiger partial charge in [-0.25, -0.2) is 4.79 Å². The minimum absolute atomic E-state index is 0.184. The maximum atomic E-state index is 12.0. The van der Waals surface area contributed by atoms with Gasteiger partial charge >= 0.3 is 6.09 Å². The number of nitrogens with zero attached hydrogens (tertiary/aromatic N) is 1. The van der Waals surface area contributed by atoms with Crippen molar-refractivity contribution in [3.63, 3.8) is 0 Å². The smallest absolute Gasteiger partial charge is 0.410 e. The molecule has 1 aliphatic rings. The molecule has 0 radical (unpaired) electrons. The Morgan fingerprint density at radius 3 is 2.06 bits per heavy atom. The van der Waals surface area contributed by atoms with Gasteiger partial charge in [-0.15, -0.1) is 0 Å². The standard InChI is InChI=1S/C13H26N2O2/c1-6-10-8-15(9-11(7-2)14-10)12(16)17-13(3,4)5/h10-11,14H,6-9H2,1-5H3/t10-,11-/m1/s1. The minimum atomic E-state index is -0.411. The van der Waals surface area contributed by atoms with Crippen molar-refractivity contribution in [2.75, 3.05) is 13.1 Å². The summed E-state index contributed by atoms with van der Waals surface area (Å²) in [4.78, 5) is 13.9. The summed E-state index contributed by atoms with van der Waals surface area (Å²) in [6.45, 7) is 11.5. The molecule has 1 heterocycles. The zero-order chi connectivity index (χ0) is 13.1. The fourth-order valence-corrected chi connectivity index (χ4v) is 2.01. The van der Waals surface area contributed by atoms with Crippen molar-refractivity contribution >= 4 is 6.09 Å². The summed E-state index contributed by atoms with van der Waals surface area (Å²) < 4.78 is 5.42. The SMILES string of the molecule is CC[C@@H]1CN(C(=O)OC(C)(C)C)C[C@@H](CC)N1. The summed E-state index contributed by atoms with van der Waals surface area (Å²) in [5.74, 6) is 0. The first-order chi connectivity index (χ1) is 7.85. The molecule has 100 valence electrons. The largest absolute Gasteiger partial charge is 0.444 e. The molecule has 4 heteroatoms. The van der Waals surface area contributed by atoms with Gasteiger partial charge in [0.2, 0.25) is 0 Å². The van der Waals surface area contributed by atoms with Crippen LogP contribution in [-0.2, 0) is 4.74 Å². The third kappa shape index (κ3) is 4.54. The molecule has 1 aliphatic heterocycles. The van der Waals surface area contributed by atoms with Crippen molar-refractivity contribution in [1.82, 2.24) is 10.2 Å². The van der Waals surface area contributed by atoms with Gasteiger partial charge in [0.15, 0.2) is 0 Å². The highest BCUT2D eigenvalue weighted by molar-refractivity contribution is 5.68. The van der Waals surface area contributed by atoms with Crippen LogP contribution in [0.2, 0.25) is 0 Å². The van der Waals surface area contributed by atoms with Crippen LogP contribution < -0.4 is 5.32 Å². The molecule has 1 saturated heterocycles. The Balaban J connectivity index is 2.59. The number of hydrogen-bond acceptors (Lipinski definition) is 3. The fourth-order valence-electron chi connectivity index (χ4n) is 2.01. The molecule has 0 aromatic heterocycles. The average molecular weight is 242 g/mol. The van der Waals surface area contributed by atoms with Crippen LogP contribution in [0.25, 0.3) is 0 Å². The Bertz CT molecular complexity index is 249. The van der Waals surface area contributed by atoms with Gasteiger partial charge in [-0.1, -0.05) is 13.8 Å². The third-order valence-corrected chi connectivity index (χ3v) is 2.99. The molecule has 0 unspecified atom stereocenters. The number of carbonyl (C=O) groups is 1. The lowest BCUT2D eigenvalue weighted by Gasteiger charge is -2.39. The normalized spacial score (nSPS) is 25.8. The second kappa shape index (κ2) is 5.71. The zero-order valence-corrected chi connectivity index (χ0v) is 11.7. The van der Waals surface area contributed by atoms with Crippen LogP contribution in [-0.4, -0.2) is 41.8 Å². The predicted molar refractivity (Wildman–Crippen MR) is 69.1 cm³/mol. The Morgan fingerprint density at radius 2 is 1.71 bits per heavy atom. The van der Waals surface area contributed by atoms with Crippen LogP contribution in [0.4, 0.5) is 4.79 Å². The van der Waals surface area contributed by atoms with E-state index in [1.165, 1.54) is 0 Å². The summed E-state index contributed by atoms with van der Waals surface area (Å²) in [7, 11) is 0. The van der Waals surface area contributed by atoms with Gasteiger partial charge in [0.25, 0.3) is 0 Å². The van der Waals surface area contributed by atoms with Gasteiger partial charge in [0.1, 0.15) is 5.60 Å². The molecule has 0 aromatic rings. The van der Waals surface area contributed by atoms with Crippen LogP contribution in [0.15, 0.2) is 0 Å². The highest BCUT2D eigenvalue weighted by Gasteiger charge is 2.30. The average Bonchev–Trinajstić information content (AvgIpc) is 2.26. The number of amides is 1.